The summed E-state index contributed by atoms with van der Waals surface area (Å²) in [6.07, 6.45) is 0.344. The zero-order chi connectivity index (χ0) is 30.2. The Bertz CT molecular complexity index is 1710. The minimum absolute atomic E-state index is 0.166. The standard InChI is InChI=1S/C36H36N4O3/c37-19-20-39-35(42)33-14-4-3-13-32(33)28-10-5-7-26(21-28)23-40(24-29-11-6-9-27-8-1-2-12-31(27)29)36(43)34(38)22-25-15-17-30(41)18-16-25/h1-18,21,34,41H,19-20,22-24,37-38H2,(H,39,42). The van der Waals surface area contributed by atoms with E-state index in [1.165, 1.54) is 0 Å². The van der Waals surface area contributed by atoms with Crippen LogP contribution in [0.5, 0.6) is 5.75 Å². The molecule has 1 unspecified atom stereocenters. The Balaban J connectivity index is 1.46. The van der Waals surface area contributed by atoms with E-state index in [0.29, 0.717) is 38.2 Å². The fourth-order valence-electron chi connectivity index (χ4n) is 5.33. The summed E-state index contributed by atoms with van der Waals surface area (Å²) in [6, 6.07) is 35.6. The molecule has 218 valence electrons. The van der Waals surface area contributed by atoms with Gasteiger partial charge in [-0.3, -0.25) is 9.59 Å². The number of nitrogens with one attached hydrogen (secondary N) is 1. The average molecular weight is 573 g/mol. The number of rotatable bonds is 11. The summed E-state index contributed by atoms with van der Waals surface area (Å²) in [5.41, 5.74) is 17.2. The summed E-state index contributed by atoms with van der Waals surface area (Å²) in [4.78, 5) is 28.6. The third-order valence-corrected chi connectivity index (χ3v) is 7.47. The summed E-state index contributed by atoms with van der Waals surface area (Å²) in [5, 5.41) is 14.7. The lowest BCUT2D eigenvalue weighted by Gasteiger charge is -2.27. The lowest BCUT2D eigenvalue weighted by Crippen LogP contribution is -2.44. The van der Waals surface area contributed by atoms with Crippen LogP contribution in [-0.4, -0.2) is 41.0 Å². The Labute approximate surface area is 251 Å². The van der Waals surface area contributed by atoms with Crippen molar-refractivity contribution in [2.24, 2.45) is 11.5 Å². The number of nitrogens with two attached hydrogens (primary N) is 2. The molecular weight excluding hydrogens is 536 g/mol. The maximum atomic E-state index is 13.9. The number of amides is 2. The van der Waals surface area contributed by atoms with Crippen LogP contribution in [0.15, 0.2) is 115 Å². The highest BCUT2D eigenvalue weighted by molar-refractivity contribution is 6.01. The summed E-state index contributed by atoms with van der Waals surface area (Å²) in [5.74, 6) is -0.188. The first kappa shape index (κ1) is 29.5. The fourth-order valence-corrected chi connectivity index (χ4v) is 5.33. The molecular formula is C36H36N4O3. The Morgan fingerprint density at radius 2 is 1.51 bits per heavy atom. The number of carbonyl (C=O) groups excluding carboxylic acids is 2. The molecule has 0 aliphatic carbocycles. The Kier molecular flexibility index (Phi) is 9.46. The van der Waals surface area contributed by atoms with Crippen molar-refractivity contribution >= 4 is 22.6 Å². The van der Waals surface area contributed by atoms with E-state index >= 15 is 0 Å². The van der Waals surface area contributed by atoms with Gasteiger partial charge in [0, 0.05) is 31.7 Å². The van der Waals surface area contributed by atoms with Crippen molar-refractivity contribution in [1.82, 2.24) is 10.2 Å². The van der Waals surface area contributed by atoms with Crippen molar-refractivity contribution in [2.75, 3.05) is 13.1 Å². The minimum atomic E-state index is -0.769. The van der Waals surface area contributed by atoms with E-state index in [-0.39, 0.29) is 17.6 Å². The molecule has 5 aromatic carbocycles. The molecule has 0 fully saturated rings. The van der Waals surface area contributed by atoms with Crippen LogP contribution < -0.4 is 16.8 Å². The summed E-state index contributed by atoms with van der Waals surface area (Å²) < 4.78 is 0. The van der Waals surface area contributed by atoms with Crippen LogP contribution in [0.1, 0.15) is 27.0 Å². The van der Waals surface area contributed by atoms with Gasteiger partial charge in [-0.15, -0.1) is 0 Å². The maximum Gasteiger partial charge on any atom is 0.251 e. The lowest BCUT2D eigenvalue weighted by molar-refractivity contribution is -0.133. The second-order valence-electron chi connectivity index (χ2n) is 10.6. The van der Waals surface area contributed by atoms with Crippen molar-refractivity contribution in [3.63, 3.8) is 0 Å². The second-order valence-corrected chi connectivity index (χ2v) is 10.6. The minimum Gasteiger partial charge on any atom is -0.508 e. The highest BCUT2D eigenvalue weighted by Crippen LogP contribution is 2.27. The number of hydrogen-bond acceptors (Lipinski definition) is 5. The van der Waals surface area contributed by atoms with E-state index in [9.17, 15) is 14.7 Å². The van der Waals surface area contributed by atoms with Crippen LogP contribution in [0.4, 0.5) is 0 Å². The summed E-state index contributed by atoms with van der Waals surface area (Å²) in [7, 11) is 0. The van der Waals surface area contributed by atoms with Crippen molar-refractivity contribution in [3.05, 3.63) is 138 Å². The molecule has 2 amide bonds. The molecule has 0 bridgehead atoms. The third-order valence-electron chi connectivity index (χ3n) is 7.47. The maximum absolute atomic E-state index is 13.9. The number of hydrogen-bond donors (Lipinski definition) is 4. The van der Waals surface area contributed by atoms with Crippen LogP contribution >= 0.6 is 0 Å². The van der Waals surface area contributed by atoms with Crippen molar-refractivity contribution < 1.29 is 14.7 Å². The first-order valence-corrected chi connectivity index (χ1v) is 14.4. The fraction of sp³-hybridized carbons (Fsp3) is 0.167. The van der Waals surface area contributed by atoms with E-state index in [4.69, 9.17) is 11.5 Å². The Morgan fingerprint density at radius 1 is 0.791 bits per heavy atom. The van der Waals surface area contributed by atoms with Gasteiger partial charge in [0.15, 0.2) is 0 Å². The quantitative estimate of drug-likeness (QED) is 0.178. The van der Waals surface area contributed by atoms with Crippen molar-refractivity contribution in [3.8, 4) is 16.9 Å². The Hall–Kier alpha value is -4.98. The molecule has 7 nitrogen and oxygen atoms in total. The SMILES string of the molecule is NCCNC(=O)c1ccccc1-c1cccc(CN(Cc2cccc3ccccc23)C(=O)C(N)Cc2ccc(O)cc2)c1. The van der Waals surface area contributed by atoms with Gasteiger partial charge in [-0.05, 0) is 69.3 Å². The second kappa shape index (κ2) is 13.8. The van der Waals surface area contributed by atoms with E-state index in [1.807, 2.05) is 66.7 Å². The first-order chi connectivity index (χ1) is 20.9. The molecule has 0 heterocycles. The van der Waals surface area contributed by atoms with E-state index in [0.717, 1.165) is 38.6 Å². The molecule has 0 saturated carbocycles. The molecule has 0 aliphatic rings. The van der Waals surface area contributed by atoms with Gasteiger partial charge in [0.2, 0.25) is 5.91 Å². The number of nitrogens with zero attached hydrogens (tertiary/aromatic N) is 1. The summed E-state index contributed by atoms with van der Waals surface area (Å²) >= 11 is 0. The van der Waals surface area contributed by atoms with Crippen molar-refractivity contribution in [1.29, 1.82) is 0 Å². The van der Waals surface area contributed by atoms with Gasteiger partial charge in [0.05, 0.1) is 6.04 Å². The molecule has 5 rings (SSSR count). The number of phenols is 1. The van der Waals surface area contributed by atoms with Crippen LogP contribution in [0.25, 0.3) is 21.9 Å². The van der Waals surface area contributed by atoms with E-state index in [1.54, 1.807) is 35.2 Å². The highest BCUT2D eigenvalue weighted by atomic mass is 16.3. The molecule has 0 spiro atoms. The number of phenolic OH excluding ortho intramolecular Hbond substituents is 1. The predicted molar refractivity (Wildman–Crippen MR) is 171 cm³/mol. The molecule has 0 radical (unpaired) electrons. The first-order valence-electron chi connectivity index (χ1n) is 14.4. The highest BCUT2D eigenvalue weighted by Gasteiger charge is 2.23. The van der Waals surface area contributed by atoms with Gasteiger partial charge in [0.25, 0.3) is 5.91 Å². The van der Waals surface area contributed by atoms with Gasteiger partial charge >= 0.3 is 0 Å². The van der Waals surface area contributed by atoms with E-state index in [2.05, 4.69) is 23.5 Å². The Morgan fingerprint density at radius 3 is 2.33 bits per heavy atom. The van der Waals surface area contributed by atoms with Crippen LogP contribution in [0.2, 0.25) is 0 Å². The molecule has 5 aromatic rings. The molecule has 6 N–H and O–H groups in total. The van der Waals surface area contributed by atoms with Gasteiger partial charge < -0.3 is 26.8 Å². The molecule has 0 aromatic heterocycles. The average Bonchev–Trinajstić information content (AvgIpc) is 3.04. The van der Waals surface area contributed by atoms with Crippen LogP contribution in [0.3, 0.4) is 0 Å². The zero-order valence-electron chi connectivity index (χ0n) is 23.9. The third kappa shape index (κ3) is 7.27. The molecule has 0 aliphatic heterocycles. The van der Waals surface area contributed by atoms with Gasteiger partial charge in [-0.2, -0.15) is 0 Å². The smallest absolute Gasteiger partial charge is 0.251 e. The number of benzene rings is 5. The monoisotopic (exact) mass is 572 g/mol. The van der Waals surface area contributed by atoms with Crippen molar-refractivity contribution in [2.45, 2.75) is 25.6 Å². The van der Waals surface area contributed by atoms with Gasteiger partial charge in [-0.1, -0.05) is 91.0 Å². The molecule has 1 atom stereocenters. The molecule has 0 saturated heterocycles. The summed E-state index contributed by atoms with van der Waals surface area (Å²) in [6.45, 7) is 1.47. The largest absolute Gasteiger partial charge is 0.508 e. The number of carbonyl (C=O) groups is 2. The number of aromatic hydroxyl groups is 1. The zero-order valence-corrected chi connectivity index (χ0v) is 23.9. The van der Waals surface area contributed by atoms with Crippen LogP contribution in [0, 0.1) is 0 Å². The van der Waals surface area contributed by atoms with Gasteiger partial charge in [-0.25, -0.2) is 0 Å². The normalized spacial score (nSPS) is 11.7. The van der Waals surface area contributed by atoms with Crippen LogP contribution in [-0.2, 0) is 24.3 Å². The lowest BCUT2D eigenvalue weighted by atomic mass is 9.97. The van der Waals surface area contributed by atoms with E-state index < -0.39 is 6.04 Å². The molecule has 7 heteroatoms. The molecule has 43 heavy (non-hydrogen) atoms. The topological polar surface area (TPSA) is 122 Å². The van der Waals surface area contributed by atoms with Gasteiger partial charge in [0.1, 0.15) is 5.75 Å². The predicted octanol–water partition coefficient (Wildman–Crippen LogP) is 5.00. The number of fused-ring (bicyclic) bond motifs is 1.